The number of ether oxygens (including phenoxy) is 1. The van der Waals surface area contributed by atoms with Crippen LogP contribution in [0.1, 0.15) is 38.2 Å². The smallest absolute Gasteiger partial charge is 0.194 e. The van der Waals surface area contributed by atoms with E-state index in [0.29, 0.717) is 23.6 Å². The van der Waals surface area contributed by atoms with E-state index >= 15 is 0 Å². The lowest BCUT2D eigenvalue weighted by Crippen LogP contribution is -2.42. The van der Waals surface area contributed by atoms with Gasteiger partial charge in [0.15, 0.2) is 11.5 Å². The van der Waals surface area contributed by atoms with Gasteiger partial charge in [-0.2, -0.15) is 0 Å². The summed E-state index contributed by atoms with van der Waals surface area (Å²) in [6.45, 7) is 8.19. The van der Waals surface area contributed by atoms with E-state index in [1.54, 1.807) is 24.3 Å². The first-order chi connectivity index (χ1) is 10.3. The van der Waals surface area contributed by atoms with E-state index in [-0.39, 0.29) is 17.9 Å². The highest BCUT2D eigenvalue weighted by Gasteiger charge is 2.15. The monoisotopic (exact) mass is 305 g/mol. The van der Waals surface area contributed by atoms with Crippen LogP contribution in [0.3, 0.4) is 0 Å². The Bertz CT molecular complexity index is 654. The number of aliphatic hydroxyl groups excluding tert-OH is 1. The molecule has 0 bridgehead atoms. The minimum atomic E-state index is -0.617. The van der Waals surface area contributed by atoms with E-state index < -0.39 is 6.10 Å². The normalized spacial score (nSPS) is 13.3. The number of hydrogen-bond donors (Lipinski definition) is 2. The molecule has 120 valence electrons. The van der Waals surface area contributed by atoms with Crippen molar-refractivity contribution in [2.24, 2.45) is 0 Å². The second kappa shape index (κ2) is 6.50. The molecule has 2 aromatic rings. The number of nitrogens with one attached hydrogen (secondary N) is 1. The SMILES string of the molecule is CC(=O)c1cc2c(OC[C@H](O)CNC(C)(C)C)cccc2o1. The van der Waals surface area contributed by atoms with Gasteiger partial charge in [-0.25, -0.2) is 0 Å². The first kappa shape index (κ1) is 16.5. The standard InChI is InChI=1S/C17H23NO4/c1-11(19)16-8-13-14(6-5-7-15(13)22-16)21-10-12(20)9-18-17(2,3)4/h5-8,12,18,20H,9-10H2,1-4H3/t12-/m1/s1. The Balaban J connectivity index is 2.04. The third kappa shape index (κ3) is 4.32. The molecule has 5 nitrogen and oxygen atoms in total. The minimum Gasteiger partial charge on any atom is -0.490 e. The maximum Gasteiger partial charge on any atom is 0.194 e. The third-order valence-electron chi connectivity index (χ3n) is 3.17. The number of rotatable bonds is 6. The van der Waals surface area contributed by atoms with Gasteiger partial charge in [-0.3, -0.25) is 4.79 Å². The van der Waals surface area contributed by atoms with Crippen molar-refractivity contribution in [1.29, 1.82) is 0 Å². The summed E-state index contributed by atoms with van der Waals surface area (Å²) in [4.78, 5) is 11.4. The number of ketones is 1. The summed E-state index contributed by atoms with van der Waals surface area (Å²) in [5.74, 6) is 0.779. The molecule has 0 saturated carbocycles. The zero-order valence-electron chi connectivity index (χ0n) is 13.5. The number of furan rings is 1. The molecule has 1 aromatic heterocycles. The fourth-order valence-electron chi connectivity index (χ4n) is 2.00. The molecule has 0 amide bonds. The van der Waals surface area contributed by atoms with Crippen molar-refractivity contribution >= 4 is 16.8 Å². The molecular weight excluding hydrogens is 282 g/mol. The molecule has 22 heavy (non-hydrogen) atoms. The van der Waals surface area contributed by atoms with Crippen molar-refractivity contribution in [3.63, 3.8) is 0 Å². The Hall–Kier alpha value is -1.85. The van der Waals surface area contributed by atoms with E-state index in [1.807, 2.05) is 20.8 Å². The zero-order valence-corrected chi connectivity index (χ0v) is 13.5. The van der Waals surface area contributed by atoms with Crippen molar-refractivity contribution in [2.75, 3.05) is 13.2 Å². The molecule has 2 rings (SSSR count). The van der Waals surface area contributed by atoms with Gasteiger partial charge in [-0.15, -0.1) is 0 Å². The number of carbonyl (C=O) groups is 1. The summed E-state index contributed by atoms with van der Waals surface area (Å²) in [6.07, 6.45) is -0.617. The molecule has 0 aliphatic rings. The van der Waals surface area contributed by atoms with E-state index in [0.717, 1.165) is 5.39 Å². The molecule has 0 aliphatic heterocycles. The molecule has 0 unspecified atom stereocenters. The lowest BCUT2D eigenvalue weighted by Gasteiger charge is -2.23. The molecule has 0 saturated heterocycles. The van der Waals surface area contributed by atoms with Gasteiger partial charge in [0.2, 0.25) is 0 Å². The van der Waals surface area contributed by atoms with Crippen molar-refractivity contribution in [3.05, 3.63) is 30.0 Å². The predicted octanol–water partition coefficient (Wildman–Crippen LogP) is 2.76. The molecule has 0 spiro atoms. The summed E-state index contributed by atoms with van der Waals surface area (Å²) in [7, 11) is 0. The Morgan fingerprint density at radius 2 is 2.14 bits per heavy atom. The van der Waals surface area contributed by atoms with Gasteiger partial charge in [-0.05, 0) is 39.0 Å². The summed E-state index contributed by atoms with van der Waals surface area (Å²) < 4.78 is 11.1. The van der Waals surface area contributed by atoms with Crippen LogP contribution >= 0.6 is 0 Å². The molecule has 0 aliphatic carbocycles. The van der Waals surface area contributed by atoms with Crippen LogP contribution < -0.4 is 10.1 Å². The maximum absolute atomic E-state index is 11.4. The second-order valence-electron chi connectivity index (χ2n) is 6.43. The van der Waals surface area contributed by atoms with Gasteiger partial charge in [-0.1, -0.05) is 6.07 Å². The molecule has 5 heteroatoms. The van der Waals surface area contributed by atoms with Crippen LogP contribution in [0.2, 0.25) is 0 Å². The third-order valence-corrected chi connectivity index (χ3v) is 3.17. The number of carbonyl (C=O) groups excluding carboxylic acids is 1. The van der Waals surface area contributed by atoms with Gasteiger partial charge in [0.05, 0.1) is 5.39 Å². The van der Waals surface area contributed by atoms with Crippen molar-refractivity contribution in [3.8, 4) is 5.75 Å². The van der Waals surface area contributed by atoms with Crippen LogP contribution in [0.25, 0.3) is 11.0 Å². The molecular formula is C17H23NO4. The number of β-amino-alcohol motifs (C(OH)–C–C–N with tert-alkyl or cyclic N) is 1. The first-order valence-corrected chi connectivity index (χ1v) is 7.35. The summed E-state index contributed by atoms with van der Waals surface area (Å²) in [5.41, 5.74) is 0.548. The quantitative estimate of drug-likeness (QED) is 0.803. The van der Waals surface area contributed by atoms with E-state index in [2.05, 4.69) is 5.32 Å². The molecule has 1 heterocycles. The van der Waals surface area contributed by atoms with Crippen molar-refractivity contribution < 1.29 is 19.1 Å². The van der Waals surface area contributed by atoms with Crippen LogP contribution in [0.5, 0.6) is 5.75 Å². The molecule has 0 fully saturated rings. The van der Waals surface area contributed by atoms with Gasteiger partial charge >= 0.3 is 0 Å². The topological polar surface area (TPSA) is 71.7 Å². The zero-order chi connectivity index (χ0) is 16.3. The predicted molar refractivity (Wildman–Crippen MR) is 85.5 cm³/mol. The Morgan fingerprint density at radius 1 is 1.41 bits per heavy atom. The Kier molecular flexibility index (Phi) is 4.88. The first-order valence-electron chi connectivity index (χ1n) is 7.35. The molecule has 1 aromatic carbocycles. The highest BCUT2D eigenvalue weighted by Crippen LogP contribution is 2.29. The fourth-order valence-corrected chi connectivity index (χ4v) is 2.00. The van der Waals surface area contributed by atoms with E-state index in [9.17, 15) is 9.90 Å². The number of Topliss-reactive ketones (excluding diaryl/α,β-unsaturated/α-hetero) is 1. The number of fused-ring (bicyclic) bond motifs is 1. The summed E-state index contributed by atoms with van der Waals surface area (Å²) >= 11 is 0. The highest BCUT2D eigenvalue weighted by atomic mass is 16.5. The second-order valence-corrected chi connectivity index (χ2v) is 6.43. The summed E-state index contributed by atoms with van der Waals surface area (Å²) in [6, 6.07) is 7.05. The van der Waals surface area contributed by atoms with Crippen molar-refractivity contribution in [2.45, 2.75) is 39.3 Å². The van der Waals surface area contributed by atoms with Gasteiger partial charge < -0.3 is 19.6 Å². The minimum absolute atomic E-state index is 0.0536. The Labute approximate surface area is 130 Å². The van der Waals surface area contributed by atoms with Gasteiger partial charge in [0.1, 0.15) is 24.0 Å². The Morgan fingerprint density at radius 3 is 2.77 bits per heavy atom. The average molecular weight is 305 g/mol. The van der Waals surface area contributed by atoms with E-state index in [4.69, 9.17) is 9.15 Å². The van der Waals surface area contributed by atoms with Crippen molar-refractivity contribution in [1.82, 2.24) is 5.32 Å². The maximum atomic E-state index is 11.4. The molecule has 0 radical (unpaired) electrons. The number of aliphatic hydroxyl groups is 1. The molecule has 2 N–H and O–H groups in total. The van der Waals surface area contributed by atoms with Crippen LogP contribution in [-0.4, -0.2) is 35.7 Å². The lowest BCUT2D eigenvalue weighted by molar-refractivity contribution is 0.0989. The lowest BCUT2D eigenvalue weighted by atomic mass is 10.1. The number of benzene rings is 1. The van der Waals surface area contributed by atoms with Gasteiger partial charge in [0.25, 0.3) is 0 Å². The van der Waals surface area contributed by atoms with Crippen LogP contribution in [-0.2, 0) is 0 Å². The van der Waals surface area contributed by atoms with Gasteiger partial charge in [0, 0.05) is 19.0 Å². The van der Waals surface area contributed by atoms with E-state index in [1.165, 1.54) is 6.92 Å². The fraction of sp³-hybridized carbons (Fsp3) is 0.471. The van der Waals surface area contributed by atoms with Crippen LogP contribution in [0.15, 0.2) is 28.7 Å². The molecule has 1 atom stereocenters. The average Bonchev–Trinajstić information content (AvgIpc) is 2.86. The van der Waals surface area contributed by atoms with Crippen LogP contribution in [0, 0.1) is 0 Å². The summed E-state index contributed by atoms with van der Waals surface area (Å²) in [5, 5.41) is 13.9. The highest BCUT2D eigenvalue weighted by molar-refractivity contribution is 5.97. The number of hydrogen-bond acceptors (Lipinski definition) is 5. The largest absolute Gasteiger partial charge is 0.490 e. The van der Waals surface area contributed by atoms with Crippen LogP contribution in [0.4, 0.5) is 0 Å².